The molecule has 2 rings (SSSR count). The van der Waals surface area contributed by atoms with E-state index in [4.69, 9.17) is 28.8 Å². The van der Waals surface area contributed by atoms with Gasteiger partial charge in [-0.15, -0.1) is 0 Å². The fraction of sp³-hybridized carbons (Fsp3) is 0.353. The van der Waals surface area contributed by atoms with Crippen LogP contribution in [0.2, 0.25) is 5.02 Å². The van der Waals surface area contributed by atoms with Gasteiger partial charge in [0.2, 0.25) is 0 Å². The van der Waals surface area contributed by atoms with Gasteiger partial charge in [0.15, 0.2) is 0 Å². The molecule has 3 atom stereocenters. The maximum Gasteiger partial charge on any atom is 0.253 e. The first kappa shape index (κ1) is 18.8. The Balaban J connectivity index is 2.16. The largest absolute Gasteiger partial charge is 0.386 e. The molecule has 7 N–H and O–H groups in total. The smallest absolute Gasteiger partial charge is 0.253 e. The van der Waals surface area contributed by atoms with Gasteiger partial charge in [0.05, 0.1) is 23.2 Å². The molecule has 0 saturated heterocycles. The second-order valence-electron chi connectivity index (χ2n) is 5.98. The molecule has 0 spiro atoms. The third-order valence-corrected chi connectivity index (χ3v) is 4.37. The van der Waals surface area contributed by atoms with Crippen LogP contribution in [-0.4, -0.2) is 23.8 Å². The predicted molar refractivity (Wildman–Crippen MR) is 97.9 cm³/mol. The lowest BCUT2D eigenvalue weighted by Crippen LogP contribution is -2.42. The van der Waals surface area contributed by atoms with Crippen LogP contribution < -0.4 is 22.5 Å². The second kappa shape index (κ2) is 8.51. The first-order valence-electron chi connectivity index (χ1n) is 7.92. The SMILES string of the molecule is N#CC1C[C@H](N)CC[C@@H]1N/C=C(/C(N)=O)C(N)=Nc1ccc(Cl)cc1. The number of nitrogens with zero attached hydrogens (tertiary/aromatic N) is 2. The molecule has 8 heteroatoms. The molecule has 1 amide bonds. The van der Waals surface area contributed by atoms with Crippen LogP contribution in [0.15, 0.2) is 41.0 Å². The van der Waals surface area contributed by atoms with E-state index in [9.17, 15) is 10.1 Å². The van der Waals surface area contributed by atoms with E-state index in [2.05, 4.69) is 16.4 Å². The number of carbonyl (C=O) groups is 1. The van der Waals surface area contributed by atoms with Crippen LogP contribution in [0, 0.1) is 17.2 Å². The zero-order chi connectivity index (χ0) is 18.4. The topological polar surface area (TPSA) is 143 Å². The molecule has 0 heterocycles. The highest BCUT2D eigenvalue weighted by molar-refractivity contribution is 6.30. The van der Waals surface area contributed by atoms with Crippen molar-refractivity contribution in [3.05, 3.63) is 41.1 Å². The minimum atomic E-state index is -0.705. The average molecular weight is 361 g/mol. The van der Waals surface area contributed by atoms with E-state index in [-0.39, 0.29) is 29.4 Å². The first-order valence-corrected chi connectivity index (χ1v) is 8.29. The highest BCUT2D eigenvalue weighted by Crippen LogP contribution is 2.23. The van der Waals surface area contributed by atoms with Crippen LogP contribution in [0.1, 0.15) is 19.3 Å². The van der Waals surface area contributed by atoms with Crippen molar-refractivity contribution in [2.45, 2.75) is 31.3 Å². The number of nitrogens with two attached hydrogens (primary N) is 3. The number of benzene rings is 1. The maximum absolute atomic E-state index is 11.7. The van der Waals surface area contributed by atoms with Gasteiger partial charge in [0.1, 0.15) is 5.84 Å². The number of hydrogen-bond donors (Lipinski definition) is 4. The van der Waals surface area contributed by atoms with Crippen LogP contribution >= 0.6 is 11.6 Å². The van der Waals surface area contributed by atoms with E-state index < -0.39 is 5.91 Å². The Morgan fingerprint density at radius 2 is 2.00 bits per heavy atom. The van der Waals surface area contributed by atoms with Crippen molar-refractivity contribution in [1.29, 1.82) is 5.26 Å². The van der Waals surface area contributed by atoms with Crippen LogP contribution in [0.3, 0.4) is 0 Å². The highest BCUT2D eigenvalue weighted by atomic mass is 35.5. The van der Waals surface area contributed by atoms with Crippen molar-refractivity contribution in [2.75, 3.05) is 0 Å². The molecule has 0 aromatic heterocycles. The molecule has 0 radical (unpaired) electrons. The summed E-state index contributed by atoms with van der Waals surface area (Å²) in [6.07, 6.45) is 3.59. The Morgan fingerprint density at radius 1 is 1.32 bits per heavy atom. The molecule has 25 heavy (non-hydrogen) atoms. The third kappa shape index (κ3) is 5.21. The Morgan fingerprint density at radius 3 is 2.60 bits per heavy atom. The molecule has 1 saturated carbocycles. The van der Waals surface area contributed by atoms with Gasteiger partial charge in [-0.2, -0.15) is 5.26 Å². The van der Waals surface area contributed by atoms with Gasteiger partial charge in [-0.3, -0.25) is 4.79 Å². The van der Waals surface area contributed by atoms with Gasteiger partial charge in [0.25, 0.3) is 5.91 Å². The van der Waals surface area contributed by atoms with E-state index in [0.29, 0.717) is 17.1 Å². The highest BCUT2D eigenvalue weighted by Gasteiger charge is 2.28. The number of nitrogens with one attached hydrogen (secondary N) is 1. The molecule has 0 aliphatic heterocycles. The molecule has 132 valence electrons. The molecule has 1 aliphatic rings. The summed E-state index contributed by atoms with van der Waals surface area (Å²) in [4.78, 5) is 15.9. The molecule has 1 aromatic carbocycles. The molecule has 1 aromatic rings. The molecule has 7 nitrogen and oxygen atoms in total. The quantitative estimate of drug-likeness (QED) is 0.355. The zero-order valence-electron chi connectivity index (χ0n) is 13.7. The summed E-state index contributed by atoms with van der Waals surface area (Å²) in [6, 6.07) is 8.86. The number of halogens is 1. The second-order valence-corrected chi connectivity index (χ2v) is 6.41. The summed E-state index contributed by atoms with van der Waals surface area (Å²) in [5.41, 5.74) is 17.8. The lowest BCUT2D eigenvalue weighted by Gasteiger charge is -2.30. The molecule has 1 fully saturated rings. The van der Waals surface area contributed by atoms with Crippen molar-refractivity contribution in [3.8, 4) is 6.07 Å². The van der Waals surface area contributed by atoms with Crippen molar-refractivity contribution < 1.29 is 4.79 Å². The third-order valence-electron chi connectivity index (χ3n) is 4.12. The molecule has 1 unspecified atom stereocenters. The minimum absolute atomic E-state index is 0.0108. The maximum atomic E-state index is 11.7. The van der Waals surface area contributed by atoms with Crippen LogP contribution in [0.5, 0.6) is 0 Å². The summed E-state index contributed by atoms with van der Waals surface area (Å²) in [7, 11) is 0. The minimum Gasteiger partial charge on any atom is -0.386 e. The van der Waals surface area contributed by atoms with Crippen LogP contribution in [-0.2, 0) is 4.79 Å². The molecule has 1 aliphatic carbocycles. The predicted octanol–water partition coefficient (Wildman–Crippen LogP) is 1.31. The van der Waals surface area contributed by atoms with Gasteiger partial charge >= 0.3 is 0 Å². The van der Waals surface area contributed by atoms with Crippen molar-refractivity contribution >= 4 is 29.0 Å². The van der Waals surface area contributed by atoms with E-state index in [0.717, 1.165) is 12.8 Å². The molecule has 0 bridgehead atoms. The lowest BCUT2D eigenvalue weighted by molar-refractivity contribution is -0.114. The van der Waals surface area contributed by atoms with E-state index in [1.807, 2.05) is 0 Å². The monoisotopic (exact) mass is 360 g/mol. The fourth-order valence-corrected chi connectivity index (χ4v) is 2.85. The number of primary amides is 1. The average Bonchev–Trinajstić information content (AvgIpc) is 2.57. The zero-order valence-corrected chi connectivity index (χ0v) is 14.4. The number of rotatable bonds is 5. The van der Waals surface area contributed by atoms with Crippen molar-refractivity contribution in [3.63, 3.8) is 0 Å². The van der Waals surface area contributed by atoms with Crippen LogP contribution in [0.25, 0.3) is 0 Å². The fourth-order valence-electron chi connectivity index (χ4n) is 2.72. The Bertz CT molecular complexity index is 722. The Labute approximate surface area is 151 Å². The van der Waals surface area contributed by atoms with E-state index in [1.165, 1.54) is 6.20 Å². The number of nitriles is 1. The Hall–Kier alpha value is -2.56. The van der Waals surface area contributed by atoms with Crippen molar-refractivity contribution in [1.82, 2.24) is 5.32 Å². The van der Waals surface area contributed by atoms with Gasteiger partial charge in [-0.1, -0.05) is 11.6 Å². The summed E-state index contributed by atoms with van der Waals surface area (Å²) in [6.45, 7) is 0. The van der Waals surface area contributed by atoms with E-state index in [1.54, 1.807) is 24.3 Å². The summed E-state index contributed by atoms with van der Waals surface area (Å²) in [5.74, 6) is -0.948. The normalized spacial score (nSPS) is 24.4. The van der Waals surface area contributed by atoms with Gasteiger partial charge in [-0.25, -0.2) is 4.99 Å². The van der Waals surface area contributed by atoms with E-state index >= 15 is 0 Å². The van der Waals surface area contributed by atoms with Gasteiger partial charge < -0.3 is 22.5 Å². The number of amidine groups is 1. The summed E-state index contributed by atoms with van der Waals surface area (Å²) >= 11 is 5.82. The number of hydrogen-bond acceptors (Lipinski definition) is 5. The van der Waals surface area contributed by atoms with Gasteiger partial charge in [-0.05, 0) is 43.5 Å². The molecular weight excluding hydrogens is 340 g/mol. The van der Waals surface area contributed by atoms with Crippen LogP contribution in [0.4, 0.5) is 5.69 Å². The van der Waals surface area contributed by atoms with Crippen molar-refractivity contribution in [2.24, 2.45) is 28.1 Å². The standard InChI is InChI=1S/C17H21ClN6O/c18-11-1-4-13(5-2-11)24-16(21)14(17(22)25)9-23-15-6-3-12(20)7-10(15)8-19/h1-2,4-5,9-10,12,15,23H,3,6-7,20H2,(H2,21,24)(H2,22,25)/b14-9+/t10?,12-,15+/m1/s1. The number of amides is 1. The summed E-state index contributed by atoms with van der Waals surface area (Å²) < 4.78 is 0. The Kier molecular flexibility index (Phi) is 6.39. The number of aliphatic imine (C=N–C) groups is 1. The lowest BCUT2D eigenvalue weighted by atomic mass is 9.83. The number of carbonyl (C=O) groups excluding carboxylic acids is 1. The first-order chi connectivity index (χ1) is 11.9. The summed E-state index contributed by atoms with van der Waals surface area (Å²) in [5, 5.41) is 12.9. The molecular formula is C17H21ClN6O. The van der Waals surface area contributed by atoms with Gasteiger partial charge in [0, 0.05) is 23.3 Å².